The maximum absolute atomic E-state index is 9.28. The van der Waals surface area contributed by atoms with Crippen molar-refractivity contribution in [2.75, 3.05) is 27.4 Å². The van der Waals surface area contributed by atoms with Crippen LogP contribution in [0.4, 0.5) is 0 Å². The fourth-order valence-corrected chi connectivity index (χ4v) is 8.22. The van der Waals surface area contributed by atoms with E-state index in [0.717, 1.165) is 33.8 Å². The molecular formula is C40H48N3O6P. The molecule has 1 saturated heterocycles. The molecule has 5 rings (SSSR count). The molecule has 9 nitrogen and oxygen atoms in total. The Morgan fingerprint density at radius 1 is 0.840 bits per heavy atom. The predicted octanol–water partition coefficient (Wildman–Crippen LogP) is 8.60. The summed E-state index contributed by atoms with van der Waals surface area (Å²) in [6, 6.07) is 32.7. The van der Waals surface area contributed by atoms with E-state index in [2.05, 4.69) is 55.6 Å². The molecule has 1 aliphatic heterocycles. The van der Waals surface area contributed by atoms with Gasteiger partial charge in [0.25, 0.3) is 8.53 Å². The minimum absolute atomic E-state index is 0.159. The third-order valence-electron chi connectivity index (χ3n) is 8.80. The van der Waals surface area contributed by atoms with Crippen molar-refractivity contribution in [3.05, 3.63) is 126 Å². The van der Waals surface area contributed by atoms with Crippen LogP contribution in [0.15, 0.2) is 103 Å². The number of ether oxygens (including phenoxy) is 4. The summed E-state index contributed by atoms with van der Waals surface area (Å²) < 4.78 is 40.7. The van der Waals surface area contributed by atoms with Crippen LogP contribution in [-0.2, 0) is 24.1 Å². The minimum atomic E-state index is -1.52. The van der Waals surface area contributed by atoms with Gasteiger partial charge in [0.2, 0.25) is 0 Å². The van der Waals surface area contributed by atoms with Crippen LogP contribution in [0.2, 0.25) is 0 Å². The Morgan fingerprint density at radius 3 is 1.92 bits per heavy atom. The van der Waals surface area contributed by atoms with Crippen molar-refractivity contribution < 1.29 is 28.0 Å². The molecule has 0 aliphatic carbocycles. The van der Waals surface area contributed by atoms with Crippen LogP contribution in [0.5, 0.6) is 11.5 Å². The second kappa shape index (κ2) is 17.9. The van der Waals surface area contributed by atoms with Crippen molar-refractivity contribution in [2.24, 2.45) is 0 Å². The van der Waals surface area contributed by atoms with Crippen LogP contribution in [0.3, 0.4) is 0 Å². The number of nitriles is 1. The Morgan fingerprint density at radius 2 is 1.40 bits per heavy atom. The number of nitrogens with zero attached hydrogens (tertiary/aromatic N) is 3. The van der Waals surface area contributed by atoms with E-state index in [0.29, 0.717) is 6.42 Å². The van der Waals surface area contributed by atoms with Gasteiger partial charge in [-0.1, -0.05) is 54.6 Å². The highest BCUT2D eigenvalue weighted by Gasteiger charge is 2.44. The fraction of sp³-hybridized carbons (Fsp3) is 0.400. The van der Waals surface area contributed by atoms with Crippen LogP contribution in [0.1, 0.15) is 68.9 Å². The molecule has 10 heteroatoms. The highest BCUT2D eigenvalue weighted by Crippen LogP contribution is 2.51. The lowest BCUT2D eigenvalue weighted by Crippen LogP contribution is -2.39. The summed E-state index contributed by atoms with van der Waals surface area (Å²) in [6.45, 7) is 9.04. The molecule has 0 radical (unpaired) electrons. The molecule has 0 N–H and O–H groups in total. The van der Waals surface area contributed by atoms with Crippen molar-refractivity contribution in [1.82, 2.24) is 9.65 Å². The summed E-state index contributed by atoms with van der Waals surface area (Å²) >= 11 is 0. The summed E-state index contributed by atoms with van der Waals surface area (Å²) in [4.78, 5) is 4.22. The van der Waals surface area contributed by atoms with E-state index >= 15 is 0 Å². The first-order valence-corrected chi connectivity index (χ1v) is 18.2. The van der Waals surface area contributed by atoms with Crippen LogP contribution < -0.4 is 9.47 Å². The van der Waals surface area contributed by atoms with Crippen molar-refractivity contribution >= 4 is 8.53 Å². The Labute approximate surface area is 298 Å². The van der Waals surface area contributed by atoms with E-state index in [4.69, 9.17) is 28.0 Å². The normalized spacial score (nSPS) is 18.4. The van der Waals surface area contributed by atoms with Crippen LogP contribution in [0, 0.1) is 11.3 Å². The lowest BCUT2D eigenvalue weighted by Gasteiger charge is -2.39. The molecular weight excluding hydrogens is 649 g/mol. The molecule has 50 heavy (non-hydrogen) atoms. The molecule has 3 aromatic carbocycles. The van der Waals surface area contributed by atoms with E-state index in [9.17, 15) is 5.26 Å². The van der Waals surface area contributed by atoms with Gasteiger partial charge in [0, 0.05) is 30.9 Å². The fourth-order valence-electron chi connectivity index (χ4n) is 6.46. The van der Waals surface area contributed by atoms with Gasteiger partial charge in [-0.2, -0.15) is 5.26 Å². The van der Waals surface area contributed by atoms with Gasteiger partial charge in [-0.15, -0.1) is 0 Å². The molecule has 4 aromatic rings. The van der Waals surface area contributed by atoms with Gasteiger partial charge in [-0.05, 0) is 86.3 Å². The lowest BCUT2D eigenvalue weighted by atomic mass is 9.80. The summed E-state index contributed by atoms with van der Waals surface area (Å²) in [5, 5.41) is 9.28. The highest BCUT2D eigenvalue weighted by atomic mass is 31.2. The van der Waals surface area contributed by atoms with Crippen LogP contribution in [-0.4, -0.2) is 61.4 Å². The summed E-state index contributed by atoms with van der Waals surface area (Å²) in [5.41, 5.74) is 2.84. The highest BCUT2D eigenvalue weighted by molar-refractivity contribution is 7.44. The topological polar surface area (TPSA) is 95.3 Å². The monoisotopic (exact) mass is 697 g/mol. The van der Waals surface area contributed by atoms with E-state index in [-0.39, 0.29) is 43.9 Å². The average molecular weight is 698 g/mol. The van der Waals surface area contributed by atoms with Gasteiger partial charge in [0.1, 0.15) is 23.2 Å². The van der Waals surface area contributed by atoms with Gasteiger partial charge in [-0.25, -0.2) is 4.67 Å². The maximum Gasteiger partial charge on any atom is 0.259 e. The molecule has 0 spiro atoms. The molecule has 0 amide bonds. The van der Waals surface area contributed by atoms with Gasteiger partial charge in [-0.3, -0.25) is 4.98 Å². The number of hydrogen-bond acceptors (Lipinski definition) is 9. The van der Waals surface area contributed by atoms with Gasteiger partial charge in [0.15, 0.2) is 0 Å². The van der Waals surface area contributed by atoms with Crippen molar-refractivity contribution in [2.45, 2.75) is 76.5 Å². The maximum atomic E-state index is 9.28. The lowest BCUT2D eigenvalue weighted by molar-refractivity contribution is -0.0806. The Kier molecular flexibility index (Phi) is 13.4. The zero-order chi connectivity index (χ0) is 35.5. The number of pyridine rings is 1. The van der Waals surface area contributed by atoms with E-state index in [1.807, 2.05) is 78.9 Å². The third kappa shape index (κ3) is 8.70. The number of benzene rings is 3. The van der Waals surface area contributed by atoms with Crippen molar-refractivity contribution in [3.63, 3.8) is 0 Å². The van der Waals surface area contributed by atoms with E-state index in [1.54, 1.807) is 26.6 Å². The standard InChI is InChI=1S/C40H48N3O6P/c1-29(2)43(30(3)4)50(47-26-10-23-41)49-38-27-37(31-21-24-42-25-22-31)48-39(38)28-46-40(32-11-8-7-9-12-32,33-13-17-35(44-5)18-14-33)34-15-19-36(45-6)20-16-34/h7-9,11-22,24-25,29-30,37-39H,10,26-28H2,1-6H3/t37-,38+,39-,50?/m1/s1. The quantitative estimate of drug-likeness (QED) is 0.0611. The minimum Gasteiger partial charge on any atom is -0.497 e. The zero-order valence-corrected chi connectivity index (χ0v) is 30.7. The van der Waals surface area contributed by atoms with Crippen LogP contribution >= 0.6 is 8.53 Å². The average Bonchev–Trinajstić information content (AvgIpc) is 3.55. The summed E-state index contributed by atoms with van der Waals surface area (Å²) in [7, 11) is 1.81. The molecule has 1 fully saturated rings. The number of hydrogen-bond donors (Lipinski definition) is 0. The first-order chi connectivity index (χ1) is 24.3. The van der Waals surface area contributed by atoms with E-state index in [1.165, 1.54) is 0 Å². The van der Waals surface area contributed by atoms with E-state index < -0.39 is 20.2 Å². The smallest absolute Gasteiger partial charge is 0.259 e. The third-order valence-corrected chi connectivity index (χ3v) is 11.0. The second-order valence-electron chi connectivity index (χ2n) is 12.7. The molecule has 264 valence electrons. The molecule has 1 unspecified atom stereocenters. The molecule has 2 heterocycles. The summed E-state index contributed by atoms with van der Waals surface area (Å²) in [6.07, 6.45) is 3.41. The van der Waals surface area contributed by atoms with Gasteiger partial charge < -0.3 is 28.0 Å². The SMILES string of the molecule is COc1ccc(C(OC[C@H]2O[C@@H](c3ccncc3)C[C@@H]2OP(OCCC#N)N(C(C)C)C(C)C)(c2ccccc2)c2ccc(OC)cc2)cc1. The van der Waals surface area contributed by atoms with Crippen molar-refractivity contribution in [3.8, 4) is 17.6 Å². The number of aromatic nitrogens is 1. The molecule has 1 aromatic heterocycles. The predicted molar refractivity (Wildman–Crippen MR) is 195 cm³/mol. The first kappa shape index (κ1) is 37.4. The van der Waals surface area contributed by atoms with Crippen molar-refractivity contribution in [1.29, 1.82) is 5.26 Å². The Balaban J connectivity index is 1.56. The first-order valence-electron chi connectivity index (χ1n) is 17.1. The molecule has 1 aliphatic rings. The summed E-state index contributed by atoms with van der Waals surface area (Å²) in [5.74, 6) is 1.51. The van der Waals surface area contributed by atoms with Gasteiger partial charge in [0.05, 0.1) is 52.1 Å². The van der Waals surface area contributed by atoms with Crippen LogP contribution in [0.25, 0.3) is 0 Å². The number of methoxy groups -OCH3 is 2. The molecule has 4 atom stereocenters. The molecule has 0 bridgehead atoms. The molecule has 0 saturated carbocycles. The zero-order valence-electron chi connectivity index (χ0n) is 29.8. The Bertz CT molecular complexity index is 1580. The Hall–Kier alpha value is -3.87. The largest absolute Gasteiger partial charge is 0.497 e. The van der Waals surface area contributed by atoms with Gasteiger partial charge >= 0.3 is 0 Å². The second-order valence-corrected chi connectivity index (χ2v) is 14.1. The number of rotatable bonds is 17.